The first kappa shape index (κ1) is 38.9. The van der Waals surface area contributed by atoms with Crippen molar-refractivity contribution in [3.63, 3.8) is 0 Å². The molecule has 0 unspecified atom stereocenters. The minimum Gasteiger partial charge on any atom is -0.455 e. The summed E-state index contributed by atoms with van der Waals surface area (Å²) < 4.78 is 6.48. The Labute approximate surface area is 384 Å². The molecule has 2 nitrogen and oxygen atoms in total. The summed E-state index contributed by atoms with van der Waals surface area (Å²) in [6.45, 7) is 0. The van der Waals surface area contributed by atoms with Gasteiger partial charge in [0.15, 0.2) is 0 Å². The van der Waals surface area contributed by atoms with E-state index < -0.39 is 0 Å². The molecule has 0 saturated heterocycles. The second kappa shape index (κ2) is 16.8. The van der Waals surface area contributed by atoms with Crippen LogP contribution in [0, 0.1) is 0 Å². The number of rotatable bonds is 9. The van der Waals surface area contributed by atoms with Gasteiger partial charge in [-0.2, -0.15) is 0 Å². The Morgan fingerprint density at radius 2 is 0.712 bits per heavy atom. The molecule has 0 spiro atoms. The van der Waals surface area contributed by atoms with E-state index in [1.54, 1.807) is 0 Å². The average molecular weight is 842 g/mol. The molecule has 0 aliphatic carbocycles. The van der Waals surface area contributed by atoms with E-state index in [4.69, 9.17) is 4.42 Å². The van der Waals surface area contributed by atoms with Crippen molar-refractivity contribution in [2.75, 3.05) is 4.90 Å². The summed E-state index contributed by atoms with van der Waals surface area (Å²) in [4.78, 5) is 2.38. The molecular weight excluding hydrogens is 799 g/mol. The highest BCUT2D eigenvalue weighted by molar-refractivity contribution is 6.09. The lowest BCUT2D eigenvalue weighted by atomic mass is 9.84. The molecule has 0 aliphatic rings. The number of nitrogens with zero attached hydrogens (tertiary/aromatic N) is 1. The molecule has 0 atom stereocenters. The van der Waals surface area contributed by atoms with Gasteiger partial charge in [-0.25, -0.2) is 0 Å². The quantitative estimate of drug-likeness (QED) is 0.144. The van der Waals surface area contributed by atoms with E-state index in [0.29, 0.717) is 0 Å². The summed E-state index contributed by atoms with van der Waals surface area (Å²) >= 11 is 0. The number of furan rings is 1. The van der Waals surface area contributed by atoms with Gasteiger partial charge in [0.1, 0.15) is 11.2 Å². The zero-order valence-electron chi connectivity index (χ0n) is 36.2. The van der Waals surface area contributed by atoms with Crippen LogP contribution in [0.1, 0.15) is 0 Å². The first-order chi connectivity index (χ1) is 32.7. The molecule has 0 radical (unpaired) electrons. The molecule has 0 aliphatic heterocycles. The standard InChI is InChI=1S/C64H43NO/c1-3-17-44(18-4-1)55-26-9-10-28-60(55)63-56(46-19-5-2-6-20-46)30-15-31-57(63)49-23-13-24-52(43-49)65(50-39-35-47(36-40-50)54-29-14-22-45-21-7-8-25-53(45)54)51-41-37-48(38-42-51)58-32-16-33-61-59-27-11-12-34-62(59)66-64(58)61/h1-43H. The summed E-state index contributed by atoms with van der Waals surface area (Å²) in [5.74, 6) is 0. The second-order valence-electron chi connectivity index (χ2n) is 16.8. The lowest BCUT2D eigenvalue weighted by molar-refractivity contribution is 0.670. The SMILES string of the molecule is c1ccc(-c2ccccc2-c2c(-c3ccccc3)cccc2-c2cccc(N(c3ccc(-c4cccc5ccccc45)cc3)c3ccc(-c4cccc5c4oc4ccccc45)cc3)c2)cc1. The maximum Gasteiger partial charge on any atom is 0.143 e. The van der Waals surface area contributed by atoms with Crippen molar-refractivity contribution in [3.8, 4) is 66.8 Å². The summed E-state index contributed by atoms with van der Waals surface area (Å²) in [5, 5.41) is 4.73. The van der Waals surface area contributed by atoms with Crippen LogP contribution < -0.4 is 4.90 Å². The van der Waals surface area contributed by atoms with Gasteiger partial charge in [0.25, 0.3) is 0 Å². The van der Waals surface area contributed by atoms with Gasteiger partial charge in [0.05, 0.1) is 0 Å². The van der Waals surface area contributed by atoms with E-state index in [-0.39, 0.29) is 0 Å². The first-order valence-corrected chi connectivity index (χ1v) is 22.6. The van der Waals surface area contributed by atoms with Crippen LogP contribution in [0.5, 0.6) is 0 Å². The third-order valence-corrected chi connectivity index (χ3v) is 12.9. The Morgan fingerprint density at radius 3 is 1.45 bits per heavy atom. The normalized spacial score (nSPS) is 11.3. The monoisotopic (exact) mass is 841 g/mol. The van der Waals surface area contributed by atoms with Crippen LogP contribution in [0.3, 0.4) is 0 Å². The Bertz CT molecular complexity index is 3680. The molecule has 0 fully saturated rings. The zero-order chi connectivity index (χ0) is 43.8. The van der Waals surface area contributed by atoms with Gasteiger partial charge < -0.3 is 9.32 Å². The average Bonchev–Trinajstić information content (AvgIpc) is 3.79. The van der Waals surface area contributed by atoms with E-state index in [2.05, 4.69) is 254 Å². The highest BCUT2D eigenvalue weighted by atomic mass is 16.3. The Kier molecular flexibility index (Phi) is 9.89. The molecule has 11 aromatic carbocycles. The van der Waals surface area contributed by atoms with Crippen molar-refractivity contribution in [1.29, 1.82) is 0 Å². The Hall–Kier alpha value is -8.72. The third-order valence-electron chi connectivity index (χ3n) is 12.9. The van der Waals surface area contributed by atoms with Gasteiger partial charge in [-0.1, -0.05) is 218 Å². The molecule has 0 N–H and O–H groups in total. The molecule has 12 aromatic rings. The predicted molar refractivity (Wildman–Crippen MR) is 279 cm³/mol. The number of hydrogen-bond acceptors (Lipinski definition) is 2. The van der Waals surface area contributed by atoms with E-state index >= 15 is 0 Å². The van der Waals surface area contributed by atoms with Crippen LogP contribution in [0.2, 0.25) is 0 Å². The number of para-hydroxylation sites is 2. The number of benzene rings is 11. The lowest BCUT2D eigenvalue weighted by Gasteiger charge is -2.27. The fourth-order valence-electron chi connectivity index (χ4n) is 9.80. The summed E-state index contributed by atoms with van der Waals surface area (Å²) in [5.41, 5.74) is 19.0. The van der Waals surface area contributed by atoms with Crippen molar-refractivity contribution >= 4 is 49.8 Å². The molecule has 0 amide bonds. The number of fused-ring (bicyclic) bond motifs is 4. The van der Waals surface area contributed by atoms with E-state index in [9.17, 15) is 0 Å². The highest BCUT2D eigenvalue weighted by Gasteiger charge is 2.20. The molecule has 2 heteroatoms. The molecule has 1 heterocycles. The predicted octanol–water partition coefficient (Wildman–Crippen LogP) is 18.2. The van der Waals surface area contributed by atoms with Crippen molar-refractivity contribution in [3.05, 3.63) is 261 Å². The van der Waals surface area contributed by atoms with Crippen LogP contribution in [0.15, 0.2) is 265 Å². The fraction of sp³-hybridized carbons (Fsp3) is 0. The Balaban J connectivity index is 1.01. The Morgan fingerprint density at radius 1 is 0.258 bits per heavy atom. The van der Waals surface area contributed by atoms with Gasteiger partial charge >= 0.3 is 0 Å². The second-order valence-corrected chi connectivity index (χ2v) is 16.8. The smallest absolute Gasteiger partial charge is 0.143 e. The lowest BCUT2D eigenvalue weighted by Crippen LogP contribution is -2.10. The highest BCUT2D eigenvalue weighted by Crippen LogP contribution is 2.46. The minimum atomic E-state index is 0.899. The van der Waals surface area contributed by atoms with Crippen molar-refractivity contribution in [1.82, 2.24) is 0 Å². The van der Waals surface area contributed by atoms with Gasteiger partial charge in [0, 0.05) is 33.4 Å². The van der Waals surface area contributed by atoms with Gasteiger partial charge in [-0.05, 0) is 114 Å². The molecule has 310 valence electrons. The topological polar surface area (TPSA) is 16.4 Å². The third kappa shape index (κ3) is 7.02. The largest absolute Gasteiger partial charge is 0.455 e. The molecule has 0 bridgehead atoms. The van der Waals surface area contributed by atoms with E-state index in [1.807, 2.05) is 12.1 Å². The van der Waals surface area contributed by atoms with Crippen LogP contribution in [-0.2, 0) is 0 Å². The maximum absolute atomic E-state index is 6.48. The molecule has 12 rings (SSSR count). The molecule has 66 heavy (non-hydrogen) atoms. The summed E-state index contributed by atoms with van der Waals surface area (Å²) in [6.07, 6.45) is 0. The van der Waals surface area contributed by atoms with Crippen molar-refractivity contribution < 1.29 is 4.42 Å². The first-order valence-electron chi connectivity index (χ1n) is 22.6. The number of anilines is 3. The van der Waals surface area contributed by atoms with Gasteiger partial charge in [-0.15, -0.1) is 0 Å². The summed E-state index contributed by atoms with van der Waals surface area (Å²) in [6, 6.07) is 93.9. The fourth-order valence-corrected chi connectivity index (χ4v) is 9.80. The van der Waals surface area contributed by atoms with Crippen LogP contribution in [-0.4, -0.2) is 0 Å². The van der Waals surface area contributed by atoms with Crippen molar-refractivity contribution in [2.45, 2.75) is 0 Å². The van der Waals surface area contributed by atoms with E-state index in [0.717, 1.165) is 55.7 Å². The molecule has 0 saturated carbocycles. The molecular formula is C64H43NO. The van der Waals surface area contributed by atoms with Gasteiger partial charge in [-0.3, -0.25) is 0 Å². The van der Waals surface area contributed by atoms with Gasteiger partial charge in [0.2, 0.25) is 0 Å². The van der Waals surface area contributed by atoms with Crippen LogP contribution >= 0.6 is 0 Å². The van der Waals surface area contributed by atoms with Crippen molar-refractivity contribution in [2.24, 2.45) is 0 Å². The van der Waals surface area contributed by atoms with E-state index in [1.165, 1.54) is 60.8 Å². The minimum absolute atomic E-state index is 0.899. The number of hydrogen-bond donors (Lipinski definition) is 0. The summed E-state index contributed by atoms with van der Waals surface area (Å²) in [7, 11) is 0. The maximum atomic E-state index is 6.48. The zero-order valence-corrected chi connectivity index (χ0v) is 36.2. The van der Waals surface area contributed by atoms with Crippen LogP contribution in [0.4, 0.5) is 17.1 Å². The van der Waals surface area contributed by atoms with Crippen LogP contribution in [0.25, 0.3) is 99.5 Å². The molecule has 1 aromatic heterocycles.